The third-order valence-corrected chi connectivity index (χ3v) is 22.3. The summed E-state index contributed by atoms with van der Waals surface area (Å²) in [5.41, 5.74) is 8.97. The van der Waals surface area contributed by atoms with Gasteiger partial charge >= 0.3 is 28.5 Å². The molecule has 68 heavy (non-hydrogen) atoms. The number of thiophene rings is 4. The molecule has 8 unspecified atom stereocenters. The first kappa shape index (κ1) is 40.3. The van der Waals surface area contributed by atoms with E-state index >= 15 is 0 Å². The molecule has 8 aromatic rings. The SMILES string of the molecule is CC1(C)c2cc3c4cc2C2OB(OC21)c1cc2cc5sc(cc5cc2s1)B1OC2c5cc6c(cc5C(C)(C)C2O1)C1OB(OC1C6(C)C)c1cc2cc5sc(cc5cc2s1)B1OC3C(O1)C4(C)C. The zero-order valence-electron chi connectivity index (χ0n) is 38.8. The maximum Gasteiger partial charge on any atom is 0.505 e. The van der Waals surface area contributed by atoms with E-state index in [2.05, 4.69) is 128 Å². The summed E-state index contributed by atoms with van der Waals surface area (Å²) in [7, 11) is -1.75. The summed E-state index contributed by atoms with van der Waals surface area (Å²) in [4.78, 5) is 0. The molecule has 0 radical (unpaired) electrons. The first-order chi connectivity index (χ1) is 32.6. The van der Waals surface area contributed by atoms with Gasteiger partial charge in [-0.05, 0) is 115 Å². The molecular weight excluding hydrogens is 924 g/mol. The maximum absolute atomic E-state index is 7.00. The Balaban J connectivity index is 0.787. The van der Waals surface area contributed by atoms with Crippen molar-refractivity contribution >= 4 is 133 Å². The molecule has 0 spiro atoms. The van der Waals surface area contributed by atoms with E-state index in [0.29, 0.717) is 0 Å². The van der Waals surface area contributed by atoms with Gasteiger partial charge in [-0.1, -0.05) is 79.7 Å². The van der Waals surface area contributed by atoms with Crippen LogP contribution in [-0.2, 0) is 58.9 Å². The second kappa shape index (κ2) is 12.6. The predicted octanol–water partition coefficient (Wildman–Crippen LogP) is 9.43. The quantitative estimate of drug-likeness (QED) is 0.139. The van der Waals surface area contributed by atoms with Crippen molar-refractivity contribution in [3.8, 4) is 0 Å². The van der Waals surface area contributed by atoms with Gasteiger partial charge in [0.05, 0.1) is 48.8 Å². The van der Waals surface area contributed by atoms with Crippen LogP contribution in [0.25, 0.3) is 40.3 Å². The van der Waals surface area contributed by atoms with Crippen LogP contribution in [0.3, 0.4) is 0 Å². The molecule has 4 saturated heterocycles. The van der Waals surface area contributed by atoms with Crippen molar-refractivity contribution in [1.82, 2.24) is 0 Å². The van der Waals surface area contributed by atoms with Gasteiger partial charge in [0.2, 0.25) is 0 Å². The molecule has 336 valence electrons. The van der Waals surface area contributed by atoms with Crippen LogP contribution in [0.1, 0.15) is 124 Å². The summed E-state index contributed by atoms with van der Waals surface area (Å²) >= 11 is 7.07. The fraction of sp³-hybridized carbons (Fsp3) is 0.385. The molecule has 0 N–H and O–H groups in total. The number of benzene rings is 4. The molecule has 27 heterocycles. The molecule has 4 fully saturated rings. The van der Waals surface area contributed by atoms with Crippen molar-refractivity contribution < 1.29 is 37.2 Å². The summed E-state index contributed by atoms with van der Waals surface area (Å²) in [5, 5.41) is 4.80. The van der Waals surface area contributed by atoms with Crippen LogP contribution in [0.4, 0.5) is 0 Å². The van der Waals surface area contributed by atoms with E-state index in [0.717, 1.165) is 19.1 Å². The van der Waals surface area contributed by atoms with Crippen LogP contribution in [0.5, 0.6) is 0 Å². The molecular formula is C52H44B4O8S4. The molecule has 32 bridgehead atoms. The van der Waals surface area contributed by atoms with Crippen LogP contribution >= 0.6 is 45.3 Å². The molecule has 0 saturated carbocycles. The van der Waals surface area contributed by atoms with Crippen LogP contribution in [-0.4, -0.2) is 52.9 Å². The molecule has 8 nitrogen and oxygen atoms in total. The highest BCUT2D eigenvalue weighted by Crippen LogP contribution is 2.60. The normalized spacial score (nSPS) is 30.8. The van der Waals surface area contributed by atoms with E-state index in [1.54, 1.807) is 45.3 Å². The molecule has 4 aliphatic carbocycles. The smallest absolute Gasteiger partial charge is 0.400 e. The van der Waals surface area contributed by atoms with Gasteiger partial charge in [0.1, 0.15) is 0 Å². The summed E-state index contributed by atoms with van der Waals surface area (Å²) in [6.07, 6.45) is -1.11. The van der Waals surface area contributed by atoms with Gasteiger partial charge in [-0.25, -0.2) is 0 Å². The Bertz CT molecular complexity index is 3080. The Morgan fingerprint density at radius 3 is 0.750 bits per heavy atom. The van der Waals surface area contributed by atoms with E-state index in [4.69, 9.17) is 37.2 Å². The molecule has 8 atom stereocenters. The Kier molecular flexibility index (Phi) is 7.48. The van der Waals surface area contributed by atoms with Gasteiger partial charge in [0, 0.05) is 59.6 Å². The van der Waals surface area contributed by atoms with Gasteiger partial charge in [0.15, 0.2) is 0 Å². The largest absolute Gasteiger partial charge is 0.505 e. The first-order valence-electron chi connectivity index (χ1n) is 24.1. The number of rotatable bonds is 0. The predicted molar refractivity (Wildman–Crippen MR) is 276 cm³/mol. The Hall–Kier alpha value is -3.34. The fourth-order valence-corrected chi connectivity index (χ4v) is 18.5. The van der Waals surface area contributed by atoms with Crippen molar-refractivity contribution in [1.29, 1.82) is 0 Å². The Labute approximate surface area is 411 Å². The van der Waals surface area contributed by atoms with Crippen molar-refractivity contribution in [3.63, 3.8) is 0 Å². The van der Waals surface area contributed by atoms with Crippen LogP contribution in [0, 0.1) is 0 Å². The van der Waals surface area contributed by atoms with E-state index in [1.165, 1.54) is 84.9 Å². The van der Waals surface area contributed by atoms with E-state index in [-0.39, 0.29) is 70.5 Å². The molecule has 23 aliphatic heterocycles. The molecule has 16 heteroatoms. The summed E-state index contributed by atoms with van der Waals surface area (Å²) in [5.74, 6) is 0. The molecule has 4 aromatic heterocycles. The van der Waals surface area contributed by atoms with E-state index < -0.39 is 28.5 Å². The second-order valence-electron chi connectivity index (χ2n) is 23.2. The standard InChI is InChI=1S/C52H44B4O8S4/c1-49(2)29-17-26-30-18-25(29)41-45(49)61-53(57-41)37-13-21-9-34-22(10-33(21)65-37)15-39(67-34)55-59-43-27-19-32-28(20-31(27)51(5,6)47(43)63-55)44-48(52(32,7)8)64-56(60-44)40-16-24-12-35-23(11-36(24)68-40)14-38(66-35)54-58-42(26)46(62-54)50(30,3)4/h9-20,41-48H,1-8H3. The molecule has 27 aliphatic rings. The van der Waals surface area contributed by atoms with E-state index in [1.807, 2.05) is 0 Å². The van der Waals surface area contributed by atoms with Gasteiger partial charge in [-0.2, -0.15) is 0 Å². The zero-order valence-corrected chi connectivity index (χ0v) is 42.0. The zero-order chi connectivity index (χ0) is 45.4. The molecule has 0 amide bonds. The minimum atomic E-state index is -0.437. The Morgan fingerprint density at radius 1 is 0.309 bits per heavy atom. The lowest BCUT2D eigenvalue weighted by atomic mass is 9.79. The van der Waals surface area contributed by atoms with Gasteiger partial charge in [-0.15, -0.1) is 45.3 Å². The van der Waals surface area contributed by atoms with Gasteiger partial charge < -0.3 is 37.2 Å². The van der Waals surface area contributed by atoms with Crippen molar-refractivity contribution in [3.05, 3.63) is 117 Å². The third-order valence-electron chi connectivity index (χ3n) is 17.9. The summed E-state index contributed by atoms with van der Waals surface area (Å²) < 4.78 is 65.2. The third kappa shape index (κ3) is 4.89. The van der Waals surface area contributed by atoms with Crippen LogP contribution < -0.4 is 19.1 Å². The Morgan fingerprint density at radius 2 is 0.529 bits per heavy atom. The number of hydrogen-bond acceptors (Lipinski definition) is 12. The van der Waals surface area contributed by atoms with Crippen molar-refractivity contribution in [2.45, 2.75) is 126 Å². The lowest BCUT2D eigenvalue weighted by Gasteiger charge is -2.28. The molecule has 4 aromatic carbocycles. The topological polar surface area (TPSA) is 73.8 Å². The van der Waals surface area contributed by atoms with Crippen molar-refractivity contribution in [2.24, 2.45) is 0 Å². The monoisotopic (exact) mass is 968 g/mol. The van der Waals surface area contributed by atoms with Crippen LogP contribution in [0.2, 0.25) is 0 Å². The minimum absolute atomic E-state index is 0.112. The fourth-order valence-electron chi connectivity index (χ4n) is 14.2. The van der Waals surface area contributed by atoms with E-state index in [9.17, 15) is 0 Å². The lowest BCUT2D eigenvalue weighted by molar-refractivity contribution is 0.113. The highest BCUT2D eigenvalue weighted by Gasteiger charge is 2.62. The highest BCUT2D eigenvalue weighted by atomic mass is 32.1. The first-order valence-corrected chi connectivity index (χ1v) is 27.4. The van der Waals surface area contributed by atoms with Crippen molar-refractivity contribution in [2.75, 3.05) is 0 Å². The average molecular weight is 968 g/mol. The average Bonchev–Trinajstić information content (AvgIpc) is 4.13. The number of hydrogen-bond donors (Lipinski definition) is 0. The lowest BCUT2D eigenvalue weighted by Crippen LogP contribution is -2.36. The van der Waals surface area contributed by atoms with Gasteiger partial charge in [0.25, 0.3) is 0 Å². The molecule has 35 rings (SSSR count). The van der Waals surface area contributed by atoms with Gasteiger partial charge in [-0.3, -0.25) is 0 Å². The second-order valence-corrected chi connectivity index (χ2v) is 27.6. The highest BCUT2D eigenvalue weighted by molar-refractivity contribution is 7.30. The summed E-state index contributed by atoms with van der Waals surface area (Å²) in [6.45, 7) is 18.5. The van der Waals surface area contributed by atoms with Crippen LogP contribution in [0.15, 0.2) is 72.8 Å². The summed E-state index contributed by atoms with van der Waals surface area (Å²) in [6, 6.07) is 28.0. The maximum atomic E-state index is 7.00. The minimum Gasteiger partial charge on any atom is -0.400 e.